The average molecular weight is 268 g/mol. The lowest BCUT2D eigenvalue weighted by molar-refractivity contribution is 0.0661. The first kappa shape index (κ1) is 17.0. The maximum Gasteiger partial charge on any atom is 0.00645 e. The van der Waals surface area contributed by atoms with Gasteiger partial charge in [-0.3, -0.25) is 0 Å². The van der Waals surface area contributed by atoms with Gasteiger partial charge < -0.3 is 10.6 Å². The number of hydrogen-bond donors (Lipinski definition) is 1. The Kier molecular flexibility index (Phi) is 7.38. The first-order valence-electron chi connectivity index (χ1n) is 8.51. The van der Waals surface area contributed by atoms with E-state index in [1.165, 1.54) is 58.0 Å². The first-order chi connectivity index (χ1) is 9.06. The number of unbranched alkanes of at least 4 members (excludes halogenated alkanes) is 1. The molecule has 3 unspecified atom stereocenters. The van der Waals surface area contributed by atoms with Crippen LogP contribution in [-0.2, 0) is 0 Å². The van der Waals surface area contributed by atoms with Crippen LogP contribution in [0.15, 0.2) is 0 Å². The zero-order valence-electron chi connectivity index (χ0n) is 13.8. The fraction of sp³-hybridized carbons (Fsp3) is 1.00. The van der Waals surface area contributed by atoms with Crippen molar-refractivity contribution in [2.45, 2.75) is 78.7 Å². The van der Waals surface area contributed by atoms with Crippen molar-refractivity contribution in [2.75, 3.05) is 19.6 Å². The summed E-state index contributed by atoms with van der Waals surface area (Å²) in [6.07, 6.45) is 9.31. The van der Waals surface area contributed by atoms with E-state index in [0.29, 0.717) is 11.5 Å². The molecule has 0 radical (unpaired) electrons. The fourth-order valence-electron chi connectivity index (χ4n) is 3.67. The highest BCUT2D eigenvalue weighted by Gasteiger charge is 2.35. The van der Waals surface area contributed by atoms with Gasteiger partial charge in [-0.05, 0) is 57.0 Å². The molecule has 0 aromatic rings. The predicted octanol–water partition coefficient (Wildman–Crippen LogP) is 4.04. The Balaban J connectivity index is 2.67. The molecule has 0 bridgehead atoms. The van der Waals surface area contributed by atoms with Crippen LogP contribution in [0.5, 0.6) is 0 Å². The van der Waals surface area contributed by atoms with Gasteiger partial charge in [0.05, 0.1) is 0 Å². The molecular formula is C17H36N2. The summed E-state index contributed by atoms with van der Waals surface area (Å²) in [6.45, 7) is 12.7. The average Bonchev–Trinajstić information content (AvgIpc) is 2.42. The standard InChI is InChI=1S/C17H36N2/c1-5-7-11-19(16(4)6-2)14-17(13-18)10-8-9-15(3)12-17/h15-16H,5-14,18H2,1-4H3. The molecule has 1 fully saturated rings. The Morgan fingerprint density at radius 2 is 2.11 bits per heavy atom. The van der Waals surface area contributed by atoms with Crippen LogP contribution >= 0.6 is 0 Å². The monoisotopic (exact) mass is 268 g/mol. The van der Waals surface area contributed by atoms with Crippen molar-refractivity contribution in [3.05, 3.63) is 0 Å². The highest BCUT2D eigenvalue weighted by molar-refractivity contribution is 4.89. The van der Waals surface area contributed by atoms with Gasteiger partial charge >= 0.3 is 0 Å². The largest absolute Gasteiger partial charge is 0.330 e. The second-order valence-corrected chi connectivity index (χ2v) is 6.99. The summed E-state index contributed by atoms with van der Waals surface area (Å²) in [5.74, 6) is 0.863. The molecule has 2 heteroatoms. The molecule has 1 aliphatic rings. The van der Waals surface area contributed by atoms with Gasteiger partial charge in [0.2, 0.25) is 0 Å². The maximum absolute atomic E-state index is 6.19. The van der Waals surface area contributed by atoms with E-state index in [9.17, 15) is 0 Å². The van der Waals surface area contributed by atoms with Crippen LogP contribution in [-0.4, -0.2) is 30.6 Å². The smallest absolute Gasteiger partial charge is 0.00645 e. The highest BCUT2D eigenvalue weighted by Crippen LogP contribution is 2.39. The molecule has 114 valence electrons. The van der Waals surface area contributed by atoms with Gasteiger partial charge in [0, 0.05) is 12.6 Å². The molecule has 0 aliphatic heterocycles. The molecule has 1 saturated carbocycles. The molecule has 0 spiro atoms. The summed E-state index contributed by atoms with van der Waals surface area (Å²) in [7, 11) is 0. The van der Waals surface area contributed by atoms with E-state index in [2.05, 4.69) is 32.6 Å². The summed E-state index contributed by atoms with van der Waals surface area (Å²) < 4.78 is 0. The molecule has 2 nitrogen and oxygen atoms in total. The third kappa shape index (κ3) is 5.07. The first-order valence-corrected chi connectivity index (χ1v) is 8.51. The van der Waals surface area contributed by atoms with E-state index < -0.39 is 0 Å². The van der Waals surface area contributed by atoms with Crippen LogP contribution in [0.4, 0.5) is 0 Å². The minimum absolute atomic E-state index is 0.398. The second kappa shape index (κ2) is 8.26. The summed E-state index contributed by atoms with van der Waals surface area (Å²) in [4.78, 5) is 2.72. The van der Waals surface area contributed by atoms with Crippen LogP contribution in [0.2, 0.25) is 0 Å². The van der Waals surface area contributed by atoms with Crippen LogP contribution in [0.3, 0.4) is 0 Å². The van der Waals surface area contributed by atoms with Gasteiger partial charge in [0.1, 0.15) is 0 Å². The van der Waals surface area contributed by atoms with Gasteiger partial charge in [-0.1, -0.05) is 40.0 Å². The molecule has 19 heavy (non-hydrogen) atoms. The number of rotatable bonds is 8. The van der Waals surface area contributed by atoms with E-state index in [1.54, 1.807) is 0 Å². The molecule has 0 aromatic carbocycles. The van der Waals surface area contributed by atoms with E-state index in [4.69, 9.17) is 5.73 Å². The fourth-order valence-corrected chi connectivity index (χ4v) is 3.67. The highest BCUT2D eigenvalue weighted by atomic mass is 15.2. The summed E-state index contributed by atoms with van der Waals surface area (Å²) in [5, 5.41) is 0. The Morgan fingerprint density at radius 1 is 1.37 bits per heavy atom. The molecule has 1 rings (SSSR count). The Hall–Kier alpha value is -0.0800. The zero-order chi connectivity index (χ0) is 14.3. The molecule has 0 amide bonds. The predicted molar refractivity (Wildman–Crippen MR) is 85.4 cm³/mol. The molecule has 3 atom stereocenters. The Bertz CT molecular complexity index is 241. The van der Waals surface area contributed by atoms with Crippen molar-refractivity contribution in [3.8, 4) is 0 Å². The van der Waals surface area contributed by atoms with Gasteiger partial charge in [0.25, 0.3) is 0 Å². The molecule has 0 saturated heterocycles. The van der Waals surface area contributed by atoms with Crippen molar-refractivity contribution >= 4 is 0 Å². The Labute approximate surface area is 121 Å². The molecular weight excluding hydrogens is 232 g/mol. The van der Waals surface area contributed by atoms with Crippen molar-refractivity contribution in [1.82, 2.24) is 4.90 Å². The lowest BCUT2D eigenvalue weighted by Gasteiger charge is -2.44. The lowest BCUT2D eigenvalue weighted by atomic mass is 9.69. The van der Waals surface area contributed by atoms with Gasteiger partial charge in [0.15, 0.2) is 0 Å². The van der Waals surface area contributed by atoms with Crippen LogP contribution in [0.25, 0.3) is 0 Å². The van der Waals surface area contributed by atoms with Crippen LogP contribution in [0.1, 0.15) is 72.6 Å². The minimum Gasteiger partial charge on any atom is -0.330 e. The van der Waals surface area contributed by atoms with E-state index in [1.807, 2.05) is 0 Å². The number of nitrogens with two attached hydrogens (primary N) is 1. The van der Waals surface area contributed by atoms with E-state index >= 15 is 0 Å². The van der Waals surface area contributed by atoms with Crippen molar-refractivity contribution in [1.29, 1.82) is 0 Å². The van der Waals surface area contributed by atoms with Gasteiger partial charge in [-0.2, -0.15) is 0 Å². The molecule has 0 aromatic heterocycles. The molecule has 1 aliphatic carbocycles. The second-order valence-electron chi connectivity index (χ2n) is 6.99. The third-order valence-electron chi connectivity index (χ3n) is 5.17. The van der Waals surface area contributed by atoms with Crippen molar-refractivity contribution in [3.63, 3.8) is 0 Å². The summed E-state index contributed by atoms with van der Waals surface area (Å²) in [5.41, 5.74) is 6.59. The quantitative estimate of drug-likeness (QED) is 0.720. The topological polar surface area (TPSA) is 29.3 Å². The maximum atomic E-state index is 6.19. The van der Waals surface area contributed by atoms with Crippen molar-refractivity contribution in [2.24, 2.45) is 17.1 Å². The SMILES string of the molecule is CCCCN(CC1(CN)CCCC(C)C1)C(C)CC. The molecule has 0 heterocycles. The number of hydrogen-bond acceptors (Lipinski definition) is 2. The van der Waals surface area contributed by atoms with Crippen LogP contribution in [0, 0.1) is 11.3 Å². The zero-order valence-corrected chi connectivity index (χ0v) is 13.8. The van der Waals surface area contributed by atoms with Crippen LogP contribution < -0.4 is 5.73 Å². The van der Waals surface area contributed by atoms with E-state index in [-0.39, 0.29) is 0 Å². The van der Waals surface area contributed by atoms with Gasteiger partial charge in [-0.15, -0.1) is 0 Å². The summed E-state index contributed by atoms with van der Waals surface area (Å²) in [6, 6.07) is 0.701. The lowest BCUT2D eigenvalue weighted by Crippen LogP contribution is -2.48. The van der Waals surface area contributed by atoms with E-state index in [0.717, 1.165) is 12.5 Å². The van der Waals surface area contributed by atoms with Gasteiger partial charge in [-0.25, -0.2) is 0 Å². The third-order valence-corrected chi connectivity index (χ3v) is 5.17. The molecule has 2 N–H and O–H groups in total. The number of nitrogens with zero attached hydrogens (tertiary/aromatic N) is 1. The Morgan fingerprint density at radius 3 is 2.63 bits per heavy atom. The summed E-state index contributed by atoms with van der Waals surface area (Å²) >= 11 is 0. The van der Waals surface area contributed by atoms with Crippen molar-refractivity contribution < 1.29 is 0 Å². The normalized spacial score (nSPS) is 29.7. The minimum atomic E-state index is 0.398.